The van der Waals surface area contributed by atoms with Gasteiger partial charge in [-0.25, -0.2) is 0 Å². The number of carboxylic acids is 2. The minimum atomic E-state index is -0.833. The molecule has 0 fully saturated rings. The summed E-state index contributed by atoms with van der Waals surface area (Å²) in [5, 5.41) is 14.8. The van der Waals surface area contributed by atoms with E-state index in [1.165, 1.54) is 0 Å². The summed E-state index contributed by atoms with van der Waals surface area (Å²) in [6.45, 7) is 2.17. The van der Waals surface area contributed by atoms with E-state index in [-0.39, 0.29) is 60.9 Å². The summed E-state index contributed by atoms with van der Waals surface area (Å²) in [6, 6.07) is 0. The molecule has 0 saturated heterocycles. The van der Waals surface area contributed by atoms with E-state index in [1.54, 1.807) is 0 Å². The predicted octanol–water partition coefficient (Wildman–Crippen LogP) is -6.42. The summed E-state index contributed by atoms with van der Waals surface area (Å²) in [7, 11) is 0. The SMILES string of the molecule is CC(=O)O.CC(=O)O.O.O.O.O.O.O.O.O.[Mn]. The van der Waals surface area contributed by atoms with Gasteiger partial charge in [0.2, 0.25) is 0 Å². The Morgan fingerprint density at radius 2 is 0.588 bits per heavy atom. The van der Waals surface area contributed by atoms with Crippen molar-refractivity contribution in [2.24, 2.45) is 0 Å². The fourth-order valence-corrected chi connectivity index (χ4v) is 0. The summed E-state index contributed by atoms with van der Waals surface area (Å²) in [6.07, 6.45) is 0. The molecule has 0 rings (SSSR count). The van der Waals surface area contributed by atoms with E-state index < -0.39 is 11.9 Å². The second kappa shape index (κ2) is 115. The molecule has 0 aromatic rings. The Morgan fingerprint density at radius 3 is 0.588 bits per heavy atom. The van der Waals surface area contributed by atoms with Gasteiger partial charge in [-0.15, -0.1) is 0 Å². The van der Waals surface area contributed by atoms with Crippen molar-refractivity contribution < 1.29 is 80.7 Å². The Balaban J connectivity index is -0.00000000308. The van der Waals surface area contributed by atoms with Crippen molar-refractivity contribution in [3.8, 4) is 0 Å². The van der Waals surface area contributed by atoms with Crippen molar-refractivity contribution in [2.75, 3.05) is 0 Å². The zero-order valence-electron chi connectivity index (χ0n) is 9.09. The third kappa shape index (κ3) is 3530. The van der Waals surface area contributed by atoms with Crippen molar-refractivity contribution in [2.45, 2.75) is 13.8 Å². The molecule has 0 aromatic heterocycles. The number of carbonyl (C=O) groups is 2. The molecule has 0 spiro atoms. The summed E-state index contributed by atoms with van der Waals surface area (Å²) in [5.41, 5.74) is 0. The maximum Gasteiger partial charge on any atom is 0.300 e. The van der Waals surface area contributed by atoms with E-state index in [2.05, 4.69) is 0 Å². The van der Waals surface area contributed by atoms with Crippen molar-refractivity contribution in [3.63, 3.8) is 0 Å². The first-order valence-corrected chi connectivity index (χ1v) is 1.86. The van der Waals surface area contributed by atoms with Gasteiger partial charge in [-0.3, -0.25) is 9.59 Å². The van der Waals surface area contributed by atoms with E-state index in [0.717, 1.165) is 13.8 Å². The Morgan fingerprint density at radius 1 is 0.588 bits per heavy atom. The first-order chi connectivity index (χ1) is 3.46. The summed E-state index contributed by atoms with van der Waals surface area (Å²) in [4.78, 5) is 18.0. The molecule has 0 amide bonds. The molecular formula is C4H24MnO12. The standard InChI is InChI=1S/2C2H4O2.Mn.8H2O/c2*1-2(3)4;;;;;;;;;/h2*1H3,(H,3,4);;8*1H2. The Kier molecular flexibility index (Phi) is 944. The van der Waals surface area contributed by atoms with Crippen LogP contribution >= 0.6 is 0 Å². The van der Waals surface area contributed by atoms with Gasteiger partial charge in [-0.1, -0.05) is 0 Å². The molecule has 0 aliphatic carbocycles. The third-order valence-corrected chi connectivity index (χ3v) is 0. The maximum absolute atomic E-state index is 9.00. The molecule has 18 N–H and O–H groups in total. The molecule has 0 unspecified atom stereocenters. The van der Waals surface area contributed by atoms with Crippen LogP contribution < -0.4 is 0 Å². The molecule has 12 nitrogen and oxygen atoms in total. The third-order valence-electron chi connectivity index (χ3n) is 0. The molecule has 0 aliphatic rings. The van der Waals surface area contributed by atoms with Gasteiger partial charge in [0.05, 0.1) is 0 Å². The fourth-order valence-electron chi connectivity index (χ4n) is 0. The zero-order valence-corrected chi connectivity index (χ0v) is 10.3. The summed E-state index contributed by atoms with van der Waals surface area (Å²) < 4.78 is 0. The van der Waals surface area contributed by atoms with Gasteiger partial charge in [-0.05, 0) is 0 Å². The first kappa shape index (κ1) is 140. The molecule has 0 atom stereocenters. The van der Waals surface area contributed by atoms with Gasteiger partial charge >= 0.3 is 0 Å². The van der Waals surface area contributed by atoms with E-state index >= 15 is 0 Å². The van der Waals surface area contributed by atoms with Crippen LogP contribution in [0.25, 0.3) is 0 Å². The second-order valence-corrected chi connectivity index (χ2v) is 1.04. The molecule has 0 aliphatic heterocycles. The quantitative estimate of drug-likeness (QED) is 0.410. The Bertz CT molecular complexity index is 76.5. The van der Waals surface area contributed by atoms with E-state index in [0.29, 0.717) is 0 Å². The van der Waals surface area contributed by atoms with Crippen LogP contribution in [-0.2, 0) is 26.7 Å². The summed E-state index contributed by atoms with van der Waals surface area (Å²) >= 11 is 0. The average Bonchev–Trinajstić information content (AvgIpc) is 1.25. The Hall–Kier alpha value is -0.861. The van der Waals surface area contributed by atoms with Crippen molar-refractivity contribution in [3.05, 3.63) is 0 Å². The molecule has 0 heterocycles. The summed E-state index contributed by atoms with van der Waals surface area (Å²) in [5.74, 6) is -1.67. The minimum Gasteiger partial charge on any atom is -0.481 e. The normalized spacial score (nSPS) is 2.94. The number of carboxylic acid groups (broad SMARTS) is 2. The van der Waals surface area contributed by atoms with Crippen molar-refractivity contribution in [1.82, 2.24) is 0 Å². The molecule has 0 saturated carbocycles. The van der Waals surface area contributed by atoms with Crippen LogP contribution in [0, 0.1) is 0 Å². The van der Waals surface area contributed by atoms with Gasteiger partial charge in [0, 0.05) is 30.9 Å². The van der Waals surface area contributed by atoms with E-state index in [4.69, 9.17) is 19.8 Å². The molecule has 13 heteroatoms. The molecule has 119 valence electrons. The minimum absolute atomic E-state index is 0. The van der Waals surface area contributed by atoms with Crippen LogP contribution in [0.15, 0.2) is 0 Å². The predicted molar refractivity (Wildman–Crippen MR) is 55.5 cm³/mol. The fraction of sp³-hybridized carbons (Fsp3) is 0.500. The number of hydrogen-bond acceptors (Lipinski definition) is 2. The molecule has 0 aromatic carbocycles. The largest absolute Gasteiger partial charge is 0.481 e. The average molecular weight is 319 g/mol. The Labute approximate surface area is 107 Å². The van der Waals surface area contributed by atoms with Crippen molar-refractivity contribution >= 4 is 11.9 Å². The van der Waals surface area contributed by atoms with Gasteiger partial charge in [0.25, 0.3) is 11.9 Å². The number of aliphatic carboxylic acids is 2. The zero-order chi connectivity index (χ0) is 7.15. The van der Waals surface area contributed by atoms with Crippen molar-refractivity contribution in [1.29, 1.82) is 0 Å². The molecule has 1 radical (unpaired) electrons. The second-order valence-electron chi connectivity index (χ2n) is 1.04. The van der Waals surface area contributed by atoms with Crippen LogP contribution in [0.3, 0.4) is 0 Å². The molecule has 17 heavy (non-hydrogen) atoms. The van der Waals surface area contributed by atoms with Gasteiger partial charge in [-0.2, -0.15) is 0 Å². The maximum atomic E-state index is 9.00. The van der Waals surface area contributed by atoms with Gasteiger partial charge in [0.15, 0.2) is 0 Å². The topological polar surface area (TPSA) is 327 Å². The smallest absolute Gasteiger partial charge is 0.300 e. The van der Waals surface area contributed by atoms with Crippen LogP contribution in [-0.4, -0.2) is 66.0 Å². The van der Waals surface area contributed by atoms with Gasteiger partial charge in [0.1, 0.15) is 0 Å². The molecular weight excluding hydrogens is 295 g/mol. The van der Waals surface area contributed by atoms with E-state index in [9.17, 15) is 0 Å². The van der Waals surface area contributed by atoms with Gasteiger partial charge < -0.3 is 54.0 Å². The number of rotatable bonds is 0. The monoisotopic (exact) mass is 319 g/mol. The van der Waals surface area contributed by atoms with E-state index in [1.807, 2.05) is 0 Å². The van der Waals surface area contributed by atoms with Crippen LogP contribution in [0.1, 0.15) is 13.8 Å². The molecule has 0 bridgehead atoms. The first-order valence-electron chi connectivity index (χ1n) is 1.86. The number of hydrogen-bond donors (Lipinski definition) is 2. The van der Waals surface area contributed by atoms with Crippen LogP contribution in [0.2, 0.25) is 0 Å². The van der Waals surface area contributed by atoms with Crippen LogP contribution in [0.4, 0.5) is 0 Å². The van der Waals surface area contributed by atoms with Crippen LogP contribution in [0.5, 0.6) is 0 Å².